The quantitative estimate of drug-likeness (QED) is 0.0198. The lowest BCUT2D eigenvalue weighted by atomic mass is 10.0. The van der Waals surface area contributed by atoms with Gasteiger partial charge in [-0.15, -0.1) is 0 Å². The van der Waals surface area contributed by atoms with Crippen LogP contribution in [-0.4, -0.2) is 70.7 Å². The molecule has 0 amide bonds. The van der Waals surface area contributed by atoms with Crippen molar-refractivity contribution in [2.45, 2.75) is 213 Å². The Morgan fingerprint density at radius 1 is 0.544 bits per heavy atom. The molecule has 8 nitrogen and oxygen atoms in total. The third-order valence-corrected chi connectivity index (χ3v) is 11.2. The lowest BCUT2D eigenvalue weighted by Gasteiger charge is -2.28. The molecule has 0 aromatic heterocycles. The van der Waals surface area contributed by atoms with E-state index in [1.165, 1.54) is 135 Å². The Hall–Kier alpha value is -1.28. The van der Waals surface area contributed by atoms with Crippen molar-refractivity contribution < 1.29 is 37.3 Å². The van der Waals surface area contributed by atoms with E-state index in [0.717, 1.165) is 51.4 Å². The number of allylic oxidation sites excluding steroid dienone is 6. The van der Waals surface area contributed by atoms with Gasteiger partial charge in [0.2, 0.25) is 0 Å². The zero-order chi connectivity index (χ0) is 42.0. The standard InChI is InChI=1S/C48H92NO7P/c1-6-8-10-12-14-16-18-20-22-23-24-25-26-28-30-32-34-36-38-40-43-53-45-47(46-55-57(51,52)54-44-42-49(3,4)5)56-48(50)41-39-37-35-33-31-29-27-21-19-17-15-13-11-9-7-2/h14,16,20,22,24-25,47H,6-13,15,17-19,21,23,26-46H2,1-5H3/b16-14-,22-20-,25-24-. The maximum atomic E-state index is 12.7. The predicted octanol–water partition coefficient (Wildman–Crippen LogP) is 13.5. The van der Waals surface area contributed by atoms with Gasteiger partial charge in [-0.05, 0) is 51.4 Å². The number of likely N-dealkylation sites (N-methyl/N-ethyl adjacent to an activating group) is 1. The summed E-state index contributed by atoms with van der Waals surface area (Å²) >= 11 is 0. The molecular formula is C48H92NO7P. The minimum absolute atomic E-state index is 0.0248. The summed E-state index contributed by atoms with van der Waals surface area (Å²) in [5.74, 6) is -0.336. The number of nitrogens with zero attached hydrogens (tertiary/aromatic N) is 1. The normalized spacial score (nSPS) is 14.0. The fourth-order valence-electron chi connectivity index (χ4n) is 6.49. The van der Waals surface area contributed by atoms with Crippen LogP contribution in [0.1, 0.15) is 206 Å². The van der Waals surface area contributed by atoms with Crippen LogP contribution in [0.5, 0.6) is 0 Å². The first-order chi connectivity index (χ1) is 27.6. The summed E-state index contributed by atoms with van der Waals surface area (Å²) < 4.78 is 34.7. The summed E-state index contributed by atoms with van der Waals surface area (Å²) in [6.45, 7) is 5.39. The molecule has 0 heterocycles. The number of phosphoric acid groups is 1. The van der Waals surface area contributed by atoms with E-state index in [1.807, 2.05) is 21.1 Å². The third-order valence-electron chi connectivity index (χ3n) is 10.2. The highest BCUT2D eigenvalue weighted by Gasteiger charge is 2.20. The van der Waals surface area contributed by atoms with Crippen LogP contribution >= 0.6 is 7.82 Å². The van der Waals surface area contributed by atoms with Gasteiger partial charge in [-0.25, -0.2) is 0 Å². The van der Waals surface area contributed by atoms with Gasteiger partial charge in [0.15, 0.2) is 0 Å². The van der Waals surface area contributed by atoms with Crippen molar-refractivity contribution in [3.8, 4) is 0 Å². The molecular weight excluding hydrogens is 734 g/mol. The van der Waals surface area contributed by atoms with Gasteiger partial charge in [0.25, 0.3) is 7.82 Å². The zero-order valence-electron chi connectivity index (χ0n) is 38.0. The van der Waals surface area contributed by atoms with Gasteiger partial charge in [-0.2, -0.15) is 0 Å². The molecule has 0 saturated heterocycles. The van der Waals surface area contributed by atoms with Crippen LogP contribution in [0, 0.1) is 0 Å². The number of ether oxygens (including phenoxy) is 2. The first kappa shape index (κ1) is 55.7. The lowest BCUT2D eigenvalue weighted by Crippen LogP contribution is -2.37. The third kappa shape index (κ3) is 45.7. The number of hydrogen-bond donors (Lipinski definition) is 0. The average Bonchev–Trinajstić information content (AvgIpc) is 3.16. The zero-order valence-corrected chi connectivity index (χ0v) is 38.9. The second-order valence-electron chi connectivity index (χ2n) is 17.1. The summed E-state index contributed by atoms with van der Waals surface area (Å²) in [6, 6.07) is 0. The first-order valence-electron chi connectivity index (χ1n) is 23.7. The van der Waals surface area contributed by atoms with E-state index in [4.69, 9.17) is 18.5 Å². The monoisotopic (exact) mass is 826 g/mol. The van der Waals surface area contributed by atoms with Gasteiger partial charge < -0.3 is 27.9 Å². The van der Waals surface area contributed by atoms with Gasteiger partial charge in [0, 0.05) is 13.0 Å². The van der Waals surface area contributed by atoms with E-state index in [1.54, 1.807) is 0 Å². The first-order valence-corrected chi connectivity index (χ1v) is 25.2. The number of carbonyl (C=O) groups excluding carboxylic acids is 1. The predicted molar refractivity (Wildman–Crippen MR) is 240 cm³/mol. The Labute approximate surface area is 353 Å². The molecule has 9 heteroatoms. The molecule has 0 aromatic carbocycles. The number of quaternary nitrogens is 1. The molecule has 2 atom stereocenters. The molecule has 0 radical (unpaired) electrons. The Morgan fingerprint density at radius 3 is 1.47 bits per heavy atom. The highest BCUT2D eigenvalue weighted by atomic mass is 31.2. The highest BCUT2D eigenvalue weighted by molar-refractivity contribution is 7.45. The van der Waals surface area contributed by atoms with E-state index >= 15 is 0 Å². The molecule has 2 unspecified atom stereocenters. The SMILES string of the molecule is CCCCC/C=C\C/C=C\C/C=C\CCCCCCCCCOCC(COP(=O)([O-])OCC[N+](C)(C)C)OC(=O)CCCCCCCCCCCCCCCCC. The molecule has 0 aliphatic carbocycles. The Morgan fingerprint density at radius 2 is 0.965 bits per heavy atom. The Kier molecular flexibility index (Phi) is 40.5. The summed E-state index contributed by atoms with van der Waals surface area (Å²) in [4.78, 5) is 25.1. The van der Waals surface area contributed by atoms with E-state index in [9.17, 15) is 14.3 Å². The minimum Gasteiger partial charge on any atom is -0.756 e. The van der Waals surface area contributed by atoms with E-state index in [2.05, 4.69) is 50.3 Å². The van der Waals surface area contributed by atoms with Crippen molar-refractivity contribution >= 4 is 13.8 Å². The summed E-state index contributed by atoms with van der Waals surface area (Å²) in [5, 5.41) is 0. The van der Waals surface area contributed by atoms with Gasteiger partial charge in [-0.3, -0.25) is 9.36 Å². The molecule has 336 valence electrons. The Balaban J connectivity index is 4.19. The molecule has 0 aromatic rings. The van der Waals surface area contributed by atoms with Crippen LogP contribution in [0.3, 0.4) is 0 Å². The molecule has 0 spiro atoms. The van der Waals surface area contributed by atoms with Gasteiger partial charge in [0.05, 0.1) is 34.4 Å². The summed E-state index contributed by atoms with van der Waals surface area (Å²) in [7, 11) is 1.35. The fourth-order valence-corrected chi connectivity index (χ4v) is 7.22. The summed E-state index contributed by atoms with van der Waals surface area (Å²) in [6.07, 6.45) is 48.7. The molecule has 0 saturated carbocycles. The average molecular weight is 826 g/mol. The number of esters is 1. The van der Waals surface area contributed by atoms with Crippen LogP contribution in [0.15, 0.2) is 36.5 Å². The number of carbonyl (C=O) groups is 1. The van der Waals surface area contributed by atoms with Gasteiger partial charge in [-0.1, -0.05) is 185 Å². The molecule has 0 fully saturated rings. The highest BCUT2D eigenvalue weighted by Crippen LogP contribution is 2.38. The number of hydrogen-bond acceptors (Lipinski definition) is 7. The maximum Gasteiger partial charge on any atom is 0.306 e. The number of phosphoric ester groups is 1. The van der Waals surface area contributed by atoms with E-state index < -0.39 is 13.9 Å². The second-order valence-corrected chi connectivity index (χ2v) is 18.5. The van der Waals surface area contributed by atoms with Crippen molar-refractivity contribution in [3.05, 3.63) is 36.5 Å². The van der Waals surface area contributed by atoms with Crippen LogP contribution in [0.4, 0.5) is 0 Å². The van der Waals surface area contributed by atoms with Crippen molar-refractivity contribution in [2.24, 2.45) is 0 Å². The van der Waals surface area contributed by atoms with Crippen LogP contribution in [0.25, 0.3) is 0 Å². The van der Waals surface area contributed by atoms with E-state index in [0.29, 0.717) is 24.1 Å². The Bertz CT molecular complexity index is 1010. The molecule has 0 rings (SSSR count). The van der Waals surface area contributed by atoms with Gasteiger partial charge >= 0.3 is 5.97 Å². The number of unbranched alkanes of at least 4 members (excludes halogenated alkanes) is 24. The van der Waals surface area contributed by atoms with E-state index in [-0.39, 0.29) is 25.8 Å². The smallest absolute Gasteiger partial charge is 0.306 e. The molecule has 57 heavy (non-hydrogen) atoms. The molecule has 0 N–H and O–H groups in total. The summed E-state index contributed by atoms with van der Waals surface area (Å²) in [5.41, 5.74) is 0. The number of rotatable bonds is 44. The van der Waals surface area contributed by atoms with Crippen molar-refractivity contribution in [2.75, 3.05) is 54.1 Å². The molecule has 0 aliphatic rings. The topological polar surface area (TPSA) is 94.1 Å². The van der Waals surface area contributed by atoms with Crippen molar-refractivity contribution in [1.82, 2.24) is 0 Å². The lowest BCUT2D eigenvalue weighted by molar-refractivity contribution is -0.870. The van der Waals surface area contributed by atoms with Crippen LogP contribution < -0.4 is 4.89 Å². The molecule has 0 bridgehead atoms. The van der Waals surface area contributed by atoms with Crippen LogP contribution in [0.2, 0.25) is 0 Å². The van der Waals surface area contributed by atoms with Crippen molar-refractivity contribution in [1.29, 1.82) is 0 Å². The van der Waals surface area contributed by atoms with Crippen molar-refractivity contribution in [3.63, 3.8) is 0 Å². The van der Waals surface area contributed by atoms with Gasteiger partial charge in [0.1, 0.15) is 19.3 Å². The largest absolute Gasteiger partial charge is 0.756 e. The molecule has 0 aliphatic heterocycles. The minimum atomic E-state index is -4.53. The second kappa shape index (κ2) is 41.5. The fraction of sp³-hybridized carbons (Fsp3) is 0.854. The maximum absolute atomic E-state index is 12.7. The van der Waals surface area contributed by atoms with Crippen LogP contribution in [-0.2, 0) is 27.9 Å².